The van der Waals surface area contributed by atoms with E-state index in [1.54, 1.807) is 13.0 Å². The van der Waals surface area contributed by atoms with Gasteiger partial charge in [-0.05, 0) is 26.0 Å². The highest BCUT2D eigenvalue weighted by molar-refractivity contribution is 6.52. The minimum Gasteiger partial charge on any atom is -0.304 e. The molecule has 1 aromatic rings. The number of carbonyl (C=O) groups is 2. The van der Waals surface area contributed by atoms with Gasteiger partial charge in [-0.25, -0.2) is 0 Å². The van der Waals surface area contributed by atoms with E-state index >= 15 is 0 Å². The molecule has 1 amide bonds. The summed E-state index contributed by atoms with van der Waals surface area (Å²) in [6.45, 7) is 4.14. The maximum Gasteiger partial charge on any atom is 0.299 e. The molecule has 0 bridgehead atoms. The van der Waals surface area contributed by atoms with Crippen molar-refractivity contribution in [3.63, 3.8) is 0 Å². The minimum atomic E-state index is -0.441. The Morgan fingerprint density at radius 2 is 2.06 bits per heavy atom. The smallest absolute Gasteiger partial charge is 0.299 e. The maximum atomic E-state index is 11.8. The Morgan fingerprint density at radius 1 is 1.29 bits per heavy atom. The predicted molar refractivity (Wildman–Crippen MR) is 65.9 cm³/mol. The molecule has 0 unspecified atom stereocenters. The van der Waals surface area contributed by atoms with Gasteiger partial charge >= 0.3 is 0 Å². The molecule has 0 saturated carbocycles. The molecule has 0 saturated heterocycles. The monoisotopic (exact) mass is 227 g/mol. The van der Waals surface area contributed by atoms with Crippen LogP contribution in [0.5, 0.6) is 0 Å². The third-order valence-electron chi connectivity index (χ3n) is 2.76. The second kappa shape index (κ2) is 4.42. The van der Waals surface area contributed by atoms with Crippen LogP contribution in [0.4, 0.5) is 5.69 Å². The highest BCUT2D eigenvalue weighted by Gasteiger charge is 2.35. The van der Waals surface area contributed by atoms with Gasteiger partial charge in [0.2, 0.25) is 0 Å². The van der Waals surface area contributed by atoms with Gasteiger partial charge in [0.25, 0.3) is 11.7 Å². The quantitative estimate of drug-likeness (QED) is 0.572. The molecule has 3 heteroatoms. The van der Waals surface area contributed by atoms with E-state index in [1.165, 1.54) is 4.90 Å². The average Bonchev–Trinajstić information content (AvgIpc) is 2.54. The Hall–Kier alpha value is -2.08. The molecule has 1 aromatic carbocycles. The average molecular weight is 227 g/mol. The Balaban J connectivity index is 2.33. The molecule has 0 aliphatic carbocycles. The van der Waals surface area contributed by atoms with Crippen LogP contribution >= 0.6 is 0 Å². The molecule has 0 radical (unpaired) electrons. The van der Waals surface area contributed by atoms with Crippen molar-refractivity contribution in [3.8, 4) is 11.8 Å². The first-order valence-electron chi connectivity index (χ1n) is 5.51. The topological polar surface area (TPSA) is 37.4 Å². The Labute approximate surface area is 100 Å². The maximum absolute atomic E-state index is 11.8. The van der Waals surface area contributed by atoms with Crippen LogP contribution in [0.25, 0.3) is 0 Å². The second-order valence-electron chi connectivity index (χ2n) is 3.98. The van der Waals surface area contributed by atoms with Crippen molar-refractivity contribution in [1.29, 1.82) is 0 Å². The van der Waals surface area contributed by atoms with Gasteiger partial charge in [0.1, 0.15) is 0 Å². The lowest BCUT2D eigenvalue weighted by Gasteiger charge is -2.14. The Bertz CT molecular complexity index is 549. The fourth-order valence-electron chi connectivity index (χ4n) is 1.93. The van der Waals surface area contributed by atoms with Gasteiger partial charge in [-0.2, -0.15) is 0 Å². The van der Waals surface area contributed by atoms with E-state index < -0.39 is 11.7 Å². The molecular formula is C14H13NO2. The van der Waals surface area contributed by atoms with E-state index in [2.05, 4.69) is 11.8 Å². The number of hydrogen-bond donors (Lipinski definition) is 0. The summed E-state index contributed by atoms with van der Waals surface area (Å²) >= 11 is 0. The van der Waals surface area contributed by atoms with Crippen molar-refractivity contribution < 1.29 is 9.59 Å². The van der Waals surface area contributed by atoms with Crippen LogP contribution < -0.4 is 4.90 Å². The number of carbonyl (C=O) groups excluding carboxylic acids is 2. The van der Waals surface area contributed by atoms with Crippen molar-refractivity contribution in [2.75, 3.05) is 11.4 Å². The highest BCUT2D eigenvalue weighted by atomic mass is 16.2. The SMILES string of the molecule is CC#CCCN1C(=O)C(=O)c2cc(C)ccc21. The third-order valence-corrected chi connectivity index (χ3v) is 2.76. The highest BCUT2D eigenvalue weighted by Crippen LogP contribution is 2.29. The summed E-state index contributed by atoms with van der Waals surface area (Å²) in [5, 5.41) is 0. The summed E-state index contributed by atoms with van der Waals surface area (Å²) in [5.41, 5.74) is 2.21. The van der Waals surface area contributed by atoms with E-state index in [9.17, 15) is 9.59 Å². The van der Waals surface area contributed by atoms with Gasteiger partial charge < -0.3 is 4.90 Å². The van der Waals surface area contributed by atoms with Gasteiger partial charge in [0.05, 0.1) is 11.3 Å². The molecule has 1 aliphatic heterocycles. The van der Waals surface area contributed by atoms with E-state index in [0.29, 0.717) is 24.2 Å². The van der Waals surface area contributed by atoms with Crippen molar-refractivity contribution in [1.82, 2.24) is 0 Å². The number of anilines is 1. The largest absolute Gasteiger partial charge is 0.304 e. The van der Waals surface area contributed by atoms with Crippen LogP contribution in [-0.2, 0) is 4.79 Å². The number of fused-ring (bicyclic) bond motifs is 1. The number of ketones is 1. The Morgan fingerprint density at radius 3 is 2.76 bits per heavy atom. The summed E-state index contributed by atoms with van der Waals surface area (Å²) in [5.74, 6) is 4.83. The van der Waals surface area contributed by atoms with Crippen LogP contribution in [0, 0.1) is 18.8 Å². The number of aryl methyl sites for hydroxylation is 1. The molecule has 0 atom stereocenters. The molecule has 0 fully saturated rings. The Kier molecular flexibility index (Phi) is 2.97. The fraction of sp³-hybridized carbons (Fsp3) is 0.286. The van der Waals surface area contributed by atoms with Crippen molar-refractivity contribution in [2.45, 2.75) is 20.3 Å². The lowest BCUT2D eigenvalue weighted by molar-refractivity contribution is -0.114. The third kappa shape index (κ3) is 1.94. The predicted octanol–water partition coefficient (Wildman–Crippen LogP) is 1.94. The van der Waals surface area contributed by atoms with Crippen LogP contribution in [0.15, 0.2) is 18.2 Å². The molecule has 0 aromatic heterocycles. The van der Waals surface area contributed by atoms with E-state index in [1.807, 2.05) is 19.1 Å². The van der Waals surface area contributed by atoms with Crippen LogP contribution in [0.2, 0.25) is 0 Å². The first kappa shape index (κ1) is 11.4. The van der Waals surface area contributed by atoms with Gasteiger partial charge in [-0.15, -0.1) is 11.8 Å². The molecular weight excluding hydrogens is 214 g/mol. The molecule has 0 N–H and O–H groups in total. The molecule has 17 heavy (non-hydrogen) atoms. The molecule has 0 spiro atoms. The molecule has 86 valence electrons. The number of rotatable bonds is 2. The number of amides is 1. The van der Waals surface area contributed by atoms with Crippen LogP contribution in [0.1, 0.15) is 29.3 Å². The first-order chi connectivity index (χ1) is 8.15. The number of benzene rings is 1. The number of nitrogens with zero attached hydrogens (tertiary/aromatic N) is 1. The zero-order valence-electron chi connectivity index (χ0n) is 9.91. The lowest BCUT2D eigenvalue weighted by Crippen LogP contribution is -2.30. The normalized spacial score (nSPS) is 13.4. The van der Waals surface area contributed by atoms with Gasteiger partial charge in [-0.1, -0.05) is 11.6 Å². The van der Waals surface area contributed by atoms with E-state index in [0.717, 1.165) is 5.56 Å². The summed E-state index contributed by atoms with van der Waals surface area (Å²) in [4.78, 5) is 25.1. The molecule has 1 aliphatic rings. The minimum absolute atomic E-state index is 0.409. The molecule has 3 nitrogen and oxygen atoms in total. The van der Waals surface area contributed by atoms with Crippen molar-refractivity contribution in [3.05, 3.63) is 29.3 Å². The number of Topliss-reactive ketones (excluding diaryl/α,β-unsaturated/α-hetero) is 1. The summed E-state index contributed by atoms with van der Waals surface area (Å²) in [6, 6.07) is 5.50. The first-order valence-corrected chi connectivity index (χ1v) is 5.51. The number of hydrogen-bond acceptors (Lipinski definition) is 2. The van der Waals surface area contributed by atoms with Gasteiger partial charge in [0, 0.05) is 13.0 Å². The fourth-order valence-corrected chi connectivity index (χ4v) is 1.93. The molecule has 1 heterocycles. The summed E-state index contributed by atoms with van der Waals surface area (Å²) < 4.78 is 0. The van der Waals surface area contributed by atoms with E-state index in [4.69, 9.17) is 0 Å². The van der Waals surface area contributed by atoms with Crippen LogP contribution in [0.3, 0.4) is 0 Å². The summed E-state index contributed by atoms with van der Waals surface area (Å²) in [7, 11) is 0. The van der Waals surface area contributed by atoms with E-state index in [-0.39, 0.29) is 0 Å². The summed E-state index contributed by atoms with van der Waals surface area (Å²) in [6.07, 6.45) is 0.586. The van der Waals surface area contributed by atoms with Gasteiger partial charge in [-0.3, -0.25) is 9.59 Å². The lowest BCUT2D eigenvalue weighted by atomic mass is 10.1. The zero-order valence-corrected chi connectivity index (χ0v) is 9.91. The second-order valence-corrected chi connectivity index (χ2v) is 3.98. The standard InChI is InChI=1S/C14H13NO2/c1-3-4-5-8-15-12-7-6-10(2)9-11(12)13(16)14(15)17/h6-7,9H,5,8H2,1-2H3. The zero-order chi connectivity index (χ0) is 12.4. The van der Waals surface area contributed by atoms with Gasteiger partial charge in [0.15, 0.2) is 0 Å². The van der Waals surface area contributed by atoms with Crippen LogP contribution in [-0.4, -0.2) is 18.2 Å². The van der Waals surface area contributed by atoms with Crippen molar-refractivity contribution >= 4 is 17.4 Å². The van der Waals surface area contributed by atoms with Crippen molar-refractivity contribution in [2.24, 2.45) is 0 Å². The molecule has 2 rings (SSSR count).